The van der Waals surface area contributed by atoms with E-state index in [1.807, 2.05) is 0 Å². The molecule has 1 aromatic carbocycles. The lowest BCUT2D eigenvalue weighted by molar-refractivity contribution is 0.136. The molecule has 0 aromatic heterocycles. The molecule has 0 aliphatic carbocycles. The number of likely N-dealkylation sites (tertiary alicyclic amines) is 1. The van der Waals surface area contributed by atoms with E-state index in [2.05, 4.69) is 35.2 Å². The number of aliphatic hydroxyl groups excluding tert-OH is 1. The van der Waals surface area contributed by atoms with Gasteiger partial charge in [0.2, 0.25) is 0 Å². The molecule has 3 nitrogen and oxygen atoms in total. The van der Waals surface area contributed by atoms with Crippen LogP contribution in [0.5, 0.6) is 0 Å². The molecule has 0 spiro atoms. The van der Waals surface area contributed by atoms with E-state index in [0.29, 0.717) is 5.92 Å². The Morgan fingerprint density at radius 1 is 1.24 bits per heavy atom. The summed E-state index contributed by atoms with van der Waals surface area (Å²) in [6, 6.07) is 10.5. The molecule has 1 atom stereocenters. The third-order valence-electron chi connectivity index (χ3n) is 3.70. The molecular formula is C14H22N2O. The Morgan fingerprint density at radius 2 is 1.88 bits per heavy atom. The molecule has 17 heavy (non-hydrogen) atoms. The van der Waals surface area contributed by atoms with Gasteiger partial charge in [-0.2, -0.15) is 0 Å². The zero-order valence-corrected chi connectivity index (χ0v) is 10.3. The van der Waals surface area contributed by atoms with Crippen molar-refractivity contribution in [1.29, 1.82) is 0 Å². The van der Waals surface area contributed by atoms with E-state index >= 15 is 0 Å². The molecule has 1 aliphatic rings. The van der Waals surface area contributed by atoms with Gasteiger partial charge in [-0.15, -0.1) is 0 Å². The van der Waals surface area contributed by atoms with Gasteiger partial charge < -0.3 is 10.8 Å². The lowest BCUT2D eigenvalue weighted by Gasteiger charge is -2.34. The van der Waals surface area contributed by atoms with E-state index in [9.17, 15) is 0 Å². The van der Waals surface area contributed by atoms with Gasteiger partial charge in [-0.1, -0.05) is 30.3 Å². The van der Waals surface area contributed by atoms with Crippen LogP contribution in [0.15, 0.2) is 30.3 Å². The second-order valence-electron chi connectivity index (χ2n) is 4.95. The largest absolute Gasteiger partial charge is 0.395 e. The Balaban J connectivity index is 1.80. The third kappa shape index (κ3) is 3.53. The van der Waals surface area contributed by atoms with Crippen LogP contribution in [-0.2, 0) is 6.54 Å². The highest BCUT2D eigenvalue weighted by atomic mass is 16.3. The molecule has 94 valence electrons. The molecule has 0 bridgehead atoms. The normalized spacial score (nSPS) is 20.4. The van der Waals surface area contributed by atoms with Crippen LogP contribution in [0, 0.1) is 5.92 Å². The molecule has 0 amide bonds. The maximum absolute atomic E-state index is 9.05. The van der Waals surface area contributed by atoms with Crippen molar-refractivity contribution in [1.82, 2.24) is 4.90 Å². The standard InChI is InChI=1S/C14H22N2O/c15-14(11-17)13-6-8-16(9-7-13)10-12-4-2-1-3-5-12/h1-5,13-14,17H,6-11,15H2. The molecule has 1 fully saturated rings. The van der Waals surface area contributed by atoms with Crippen molar-refractivity contribution < 1.29 is 5.11 Å². The van der Waals surface area contributed by atoms with Crippen LogP contribution in [0.4, 0.5) is 0 Å². The Kier molecular flexibility index (Phi) is 4.54. The van der Waals surface area contributed by atoms with Crippen molar-refractivity contribution in [2.75, 3.05) is 19.7 Å². The summed E-state index contributed by atoms with van der Waals surface area (Å²) in [5.41, 5.74) is 7.25. The van der Waals surface area contributed by atoms with Crippen molar-refractivity contribution in [2.24, 2.45) is 11.7 Å². The van der Waals surface area contributed by atoms with E-state index in [0.717, 1.165) is 32.5 Å². The Labute approximate surface area is 103 Å². The number of hydrogen-bond donors (Lipinski definition) is 2. The number of benzene rings is 1. The molecule has 2 rings (SSSR count). The van der Waals surface area contributed by atoms with E-state index < -0.39 is 0 Å². The topological polar surface area (TPSA) is 49.5 Å². The molecule has 0 saturated carbocycles. The van der Waals surface area contributed by atoms with Crippen LogP contribution in [-0.4, -0.2) is 35.7 Å². The van der Waals surface area contributed by atoms with Gasteiger partial charge in [-0.05, 0) is 37.4 Å². The zero-order chi connectivity index (χ0) is 12.1. The number of piperidine rings is 1. The quantitative estimate of drug-likeness (QED) is 0.823. The summed E-state index contributed by atoms with van der Waals surface area (Å²) >= 11 is 0. The number of nitrogens with two attached hydrogens (primary N) is 1. The number of aliphatic hydroxyl groups is 1. The molecule has 1 aromatic rings. The molecule has 3 N–H and O–H groups in total. The average molecular weight is 234 g/mol. The molecular weight excluding hydrogens is 212 g/mol. The van der Waals surface area contributed by atoms with Gasteiger partial charge in [-0.3, -0.25) is 4.90 Å². The van der Waals surface area contributed by atoms with Crippen LogP contribution < -0.4 is 5.73 Å². The smallest absolute Gasteiger partial charge is 0.0585 e. The summed E-state index contributed by atoms with van der Waals surface area (Å²) in [4.78, 5) is 2.47. The highest BCUT2D eigenvalue weighted by molar-refractivity contribution is 5.14. The Bertz CT molecular complexity index is 320. The Hall–Kier alpha value is -0.900. The van der Waals surface area contributed by atoms with E-state index in [1.165, 1.54) is 5.56 Å². The minimum atomic E-state index is -0.0334. The minimum Gasteiger partial charge on any atom is -0.395 e. The molecule has 0 radical (unpaired) electrons. The van der Waals surface area contributed by atoms with Crippen molar-refractivity contribution >= 4 is 0 Å². The molecule has 1 unspecified atom stereocenters. The van der Waals surface area contributed by atoms with Gasteiger partial charge in [0.25, 0.3) is 0 Å². The fourth-order valence-corrected chi connectivity index (χ4v) is 2.53. The fraction of sp³-hybridized carbons (Fsp3) is 0.571. The molecule has 1 heterocycles. The highest BCUT2D eigenvalue weighted by Crippen LogP contribution is 2.20. The second kappa shape index (κ2) is 6.15. The fourth-order valence-electron chi connectivity index (χ4n) is 2.53. The minimum absolute atomic E-state index is 0.0334. The van der Waals surface area contributed by atoms with Crippen molar-refractivity contribution in [2.45, 2.75) is 25.4 Å². The molecule has 3 heteroatoms. The van der Waals surface area contributed by atoms with E-state index in [4.69, 9.17) is 10.8 Å². The highest BCUT2D eigenvalue weighted by Gasteiger charge is 2.23. The zero-order valence-electron chi connectivity index (χ0n) is 10.3. The summed E-state index contributed by atoms with van der Waals surface area (Å²) in [5.74, 6) is 0.493. The van der Waals surface area contributed by atoms with E-state index in [-0.39, 0.29) is 12.6 Å². The molecule has 1 saturated heterocycles. The summed E-state index contributed by atoms with van der Waals surface area (Å²) in [7, 11) is 0. The third-order valence-corrected chi connectivity index (χ3v) is 3.70. The summed E-state index contributed by atoms with van der Waals surface area (Å²) in [5, 5.41) is 9.05. The van der Waals surface area contributed by atoms with Crippen LogP contribution in [0.2, 0.25) is 0 Å². The van der Waals surface area contributed by atoms with Crippen LogP contribution in [0.1, 0.15) is 18.4 Å². The van der Waals surface area contributed by atoms with Gasteiger partial charge in [-0.25, -0.2) is 0 Å². The maximum Gasteiger partial charge on any atom is 0.0585 e. The number of hydrogen-bond acceptors (Lipinski definition) is 3. The van der Waals surface area contributed by atoms with Crippen LogP contribution >= 0.6 is 0 Å². The Morgan fingerprint density at radius 3 is 2.47 bits per heavy atom. The van der Waals surface area contributed by atoms with Crippen molar-refractivity contribution in [3.05, 3.63) is 35.9 Å². The van der Waals surface area contributed by atoms with Crippen LogP contribution in [0.3, 0.4) is 0 Å². The van der Waals surface area contributed by atoms with Crippen LogP contribution in [0.25, 0.3) is 0 Å². The van der Waals surface area contributed by atoms with Gasteiger partial charge >= 0.3 is 0 Å². The van der Waals surface area contributed by atoms with Gasteiger partial charge in [0.15, 0.2) is 0 Å². The molecule has 1 aliphatic heterocycles. The average Bonchev–Trinajstić information content (AvgIpc) is 2.40. The monoisotopic (exact) mass is 234 g/mol. The first-order chi connectivity index (χ1) is 8.29. The van der Waals surface area contributed by atoms with Gasteiger partial charge in [0.1, 0.15) is 0 Å². The van der Waals surface area contributed by atoms with Gasteiger partial charge in [0.05, 0.1) is 6.61 Å². The summed E-state index contributed by atoms with van der Waals surface area (Å²) < 4.78 is 0. The first-order valence-electron chi connectivity index (χ1n) is 6.42. The summed E-state index contributed by atoms with van der Waals surface area (Å²) in [6.07, 6.45) is 2.21. The summed E-state index contributed by atoms with van der Waals surface area (Å²) in [6.45, 7) is 3.33. The predicted molar refractivity (Wildman–Crippen MR) is 69.5 cm³/mol. The van der Waals surface area contributed by atoms with E-state index in [1.54, 1.807) is 0 Å². The SMILES string of the molecule is NC(CO)C1CCN(Cc2ccccc2)CC1. The maximum atomic E-state index is 9.05. The number of rotatable bonds is 4. The first-order valence-corrected chi connectivity index (χ1v) is 6.42. The predicted octanol–water partition coefficient (Wildman–Crippen LogP) is 1.22. The van der Waals surface area contributed by atoms with Gasteiger partial charge in [0, 0.05) is 12.6 Å². The lowest BCUT2D eigenvalue weighted by Crippen LogP contribution is -2.42. The van der Waals surface area contributed by atoms with Crippen molar-refractivity contribution in [3.8, 4) is 0 Å². The first kappa shape index (κ1) is 12.6. The lowest BCUT2D eigenvalue weighted by atomic mass is 9.90. The second-order valence-corrected chi connectivity index (χ2v) is 4.95. The number of nitrogens with zero attached hydrogens (tertiary/aromatic N) is 1. The van der Waals surface area contributed by atoms with Crippen molar-refractivity contribution in [3.63, 3.8) is 0 Å².